The third kappa shape index (κ3) is 5.44. The van der Waals surface area contributed by atoms with Crippen molar-refractivity contribution in [2.45, 2.75) is 13.0 Å². The van der Waals surface area contributed by atoms with Crippen molar-refractivity contribution in [1.82, 2.24) is 14.9 Å². The molecule has 7 heteroatoms. The van der Waals surface area contributed by atoms with Crippen molar-refractivity contribution in [3.8, 4) is 11.4 Å². The zero-order valence-corrected chi connectivity index (χ0v) is 16.6. The van der Waals surface area contributed by atoms with Crippen LogP contribution in [0.3, 0.4) is 0 Å². The average Bonchev–Trinajstić information content (AvgIpc) is 3.20. The van der Waals surface area contributed by atoms with Crippen LogP contribution in [0.5, 0.6) is 0 Å². The Hall–Kier alpha value is -3.61. The lowest BCUT2D eigenvalue weighted by Crippen LogP contribution is -2.36. The Morgan fingerprint density at radius 2 is 1.72 bits per heavy atom. The number of aromatic nitrogens is 2. The van der Waals surface area contributed by atoms with Crippen LogP contribution in [0.25, 0.3) is 11.4 Å². The Morgan fingerprint density at radius 1 is 1.00 bits per heavy atom. The van der Waals surface area contributed by atoms with E-state index in [0.717, 1.165) is 17.1 Å². The molecule has 1 heterocycles. The number of aryl methyl sites for hydroxylation is 1. The number of nitrogens with one attached hydrogen (secondary N) is 2. The first-order valence-corrected chi connectivity index (χ1v) is 9.48. The van der Waals surface area contributed by atoms with E-state index in [4.69, 9.17) is 0 Å². The Labute approximate surface area is 170 Å². The fourth-order valence-corrected chi connectivity index (χ4v) is 2.90. The van der Waals surface area contributed by atoms with Gasteiger partial charge in [0.2, 0.25) is 0 Å². The number of imidazole rings is 1. The number of hydrogen-bond donors (Lipinski definition) is 2. The minimum Gasteiger partial charge on any atom is -0.378 e. The quantitative estimate of drug-likeness (QED) is 0.479. The molecule has 0 radical (unpaired) electrons. The normalized spacial score (nSPS) is 10.4. The topological polar surface area (TPSA) is 79.3 Å². The number of hydrogen-bond acceptors (Lipinski definition) is 4. The molecule has 0 fully saturated rings. The van der Waals surface area contributed by atoms with Crippen molar-refractivity contribution in [2.24, 2.45) is 0 Å². The summed E-state index contributed by atoms with van der Waals surface area (Å²) in [5, 5.41) is 5.27. The van der Waals surface area contributed by atoms with Gasteiger partial charge in [0.05, 0.1) is 0 Å². The second kappa shape index (κ2) is 9.54. The fraction of sp³-hybridized carbons (Fsp3) is 0.227. The summed E-state index contributed by atoms with van der Waals surface area (Å²) < 4.78 is 2.04. The molecule has 0 aliphatic carbocycles. The number of carbonyl (C=O) groups excluding carboxylic acids is 2. The van der Waals surface area contributed by atoms with Crippen molar-refractivity contribution in [3.63, 3.8) is 0 Å². The lowest BCUT2D eigenvalue weighted by Gasteiger charge is -2.13. The highest BCUT2D eigenvalue weighted by atomic mass is 16.2. The third-order valence-electron chi connectivity index (χ3n) is 4.46. The van der Waals surface area contributed by atoms with Crippen LogP contribution in [0.15, 0.2) is 67.0 Å². The zero-order valence-electron chi connectivity index (χ0n) is 16.6. The van der Waals surface area contributed by atoms with Crippen LogP contribution in [0.2, 0.25) is 0 Å². The number of benzene rings is 2. The van der Waals surface area contributed by atoms with Gasteiger partial charge in [-0.3, -0.25) is 9.59 Å². The standard InChI is InChI=1S/C22H25N5O2/c1-26(2)19-11-9-18(10-12-19)25-22(29)21(28)24-13-6-15-27-16-14-23-20(27)17-7-4-3-5-8-17/h3-5,7-12,14,16H,6,13,15H2,1-2H3,(H,24,28)(H,25,29). The van der Waals surface area contributed by atoms with Crippen LogP contribution in [0, 0.1) is 0 Å². The minimum atomic E-state index is -0.671. The third-order valence-corrected chi connectivity index (χ3v) is 4.46. The summed E-state index contributed by atoms with van der Waals surface area (Å²) in [6.45, 7) is 1.09. The van der Waals surface area contributed by atoms with Crippen molar-refractivity contribution in [3.05, 3.63) is 67.0 Å². The summed E-state index contributed by atoms with van der Waals surface area (Å²) in [7, 11) is 3.88. The first kappa shape index (κ1) is 20.1. The van der Waals surface area contributed by atoms with Gasteiger partial charge in [-0.15, -0.1) is 0 Å². The molecule has 0 aliphatic heterocycles. The van der Waals surface area contributed by atoms with Crippen molar-refractivity contribution in [1.29, 1.82) is 0 Å². The van der Waals surface area contributed by atoms with E-state index in [-0.39, 0.29) is 0 Å². The molecule has 29 heavy (non-hydrogen) atoms. The average molecular weight is 391 g/mol. The van der Waals surface area contributed by atoms with Crippen LogP contribution >= 0.6 is 0 Å². The molecule has 0 saturated carbocycles. The van der Waals surface area contributed by atoms with E-state index in [2.05, 4.69) is 15.6 Å². The molecule has 0 atom stereocenters. The van der Waals surface area contributed by atoms with Gasteiger partial charge in [0.15, 0.2) is 0 Å². The summed E-state index contributed by atoms with van der Waals surface area (Å²) >= 11 is 0. The van der Waals surface area contributed by atoms with E-state index in [9.17, 15) is 9.59 Å². The Bertz CT molecular complexity index is 949. The highest BCUT2D eigenvalue weighted by molar-refractivity contribution is 6.39. The number of anilines is 2. The molecule has 2 aromatic carbocycles. The van der Waals surface area contributed by atoms with Crippen molar-refractivity contribution >= 4 is 23.2 Å². The predicted octanol–water partition coefficient (Wildman–Crippen LogP) is 2.76. The van der Waals surface area contributed by atoms with E-state index in [1.165, 1.54) is 0 Å². The van der Waals surface area contributed by atoms with Crippen LogP contribution in [0.4, 0.5) is 11.4 Å². The largest absolute Gasteiger partial charge is 0.378 e. The number of rotatable bonds is 7. The SMILES string of the molecule is CN(C)c1ccc(NC(=O)C(=O)NCCCn2ccnc2-c2ccccc2)cc1. The first-order chi connectivity index (χ1) is 14.0. The number of carbonyl (C=O) groups is 2. The van der Waals surface area contributed by atoms with Crippen LogP contribution in [-0.4, -0.2) is 42.0 Å². The molecule has 0 bridgehead atoms. The molecule has 7 nitrogen and oxygen atoms in total. The molecule has 3 aromatic rings. The molecule has 0 aliphatic rings. The molecule has 2 N–H and O–H groups in total. The van der Waals surface area contributed by atoms with Crippen molar-refractivity contribution < 1.29 is 9.59 Å². The molecular formula is C22H25N5O2. The van der Waals surface area contributed by atoms with Crippen molar-refractivity contribution in [2.75, 3.05) is 30.9 Å². The lowest BCUT2D eigenvalue weighted by atomic mass is 10.2. The monoisotopic (exact) mass is 391 g/mol. The molecular weight excluding hydrogens is 366 g/mol. The van der Waals surface area contributed by atoms with Gasteiger partial charge in [0.1, 0.15) is 5.82 Å². The summed E-state index contributed by atoms with van der Waals surface area (Å²) in [6, 6.07) is 17.2. The maximum absolute atomic E-state index is 12.0. The van der Waals surface area contributed by atoms with E-state index in [1.54, 1.807) is 18.3 Å². The smallest absolute Gasteiger partial charge is 0.313 e. The first-order valence-electron chi connectivity index (χ1n) is 9.48. The van der Waals surface area contributed by atoms with Gasteiger partial charge in [-0.1, -0.05) is 30.3 Å². The Morgan fingerprint density at radius 3 is 2.41 bits per heavy atom. The molecule has 2 amide bonds. The lowest BCUT2D eigenvalue weighted by molar-refractivity contribution is -0.136. The van der Waals surface area contributed by atoms with Gasteiger partial charge in [-0.25, -0.2) is 4.98 Å². The molecule has 0 saturated heterocycles. The van der Waals surface area contributed by atoms with E-state index in [1.807, 2.05) is 72.2 Å². The summed E-state index contributed by atoms with van der Waals surface area (Å²) in [5.74, 6) is -0.429. The zero-order chi connectivity index (χ0) is 20.6. The van der Waals surface area contributed by atoms with Gasteiger partial charge in [0.25, 0.3) is 0 Å². The van der Waals surface area contributed by atoms with Gasteiger partial charge >= 0.3 is 11.8 Å². The molecule has 150 valence electrons. The summed E-state index contributed by atoms with van der Waals surface area (Å²) in [4.78, 5) is 30.4. The van der Waals surface area contributed by atoms with Crippen LogP contribution < -0.4 is 15.5 Å². The summed E-state index contributed by atoms with van der Waals surface area (Å²) in [5.41, 5.74) is 2.64. The second-order valence-electron chi connectivity index (χ2n) is 6.82. The van der Waals surface area contributed by atoms with Gasteiger partial charge < -0.3 is 20.1 Å². The second-order valence-corrected chi connectivity index (χ2v) is 6.82. The predicted molar refractivity (Wildman–Crippen MR) is 115 cm³/mol. The Kier molecular flexibility index (Phi) is 6.63. The molecule has 0 spiro atoms. The highest BCUT2D eigenvalue weighted by Crippen LogP contribution is 2.17. The van der Waals surface area contributed by atoms with Crippen LogP contribution in [0.1, 0.15) is 6.42 Å². The number of nitrogens with zero attached hydrogens (tertiary/aromatic N) is 3. The molecule has 0 unspecified atom stereocenters. The van der Waals surface area contributed by atoms with E-state index < -0.39 is 11.8 Å². The Balaban J connectivity index is 1.44. The highest BCUT2D eigenvalue weighted by Gasteiger charge is 2.13. The van der Waals surface area contributed by atoms with Gasteiger partial charge in [-0.2, -0.15) is 0 Å². The van der Waals surface area contributed by atoms with Gasteiger partial charge in [0, 0.05) is 56.5 Å². The fourth-order valence-electron chi connectivity index (χ4n) is 2.90. The summed E-state index contributed by atoms with van der Waals surface area (Å²) in [6.07, 6.45) is 4.36. The number of amides is 2. The van der Waals surface area contributed by atoms with E-state index in [0.29, 0.717) is 25.2 Å². The maximum atomic E-state index is 12.0. The van der Waals surface area contributed by atoms with Crippen LogP contribution in [-0.2, 0) is 16.1 Å². The molecule has 1 aromatic heterocycles. The van der Waals surface area contributed by atoms with Gasteiger partial charge in [-0.05, 0) is 30.7 Å². The van der Waals surface area contributed by atoms with E-state index >= 15 is 0 Å². The molecule has 3 rings (SSSR count). The minimum absolute atomic E-state index is 0.401. The maximum Gasteiger partial charge on any atom is 0.313 e.